The maximum atomic E-state index is 12.7. The zero-order valence-corrected chi connectivity index (χ0v) is 16.1. The quantitative estimate of drug-likeness (QED) is 0.738. The van der Waals surface area contributed by atoms with E-state index in [1.54, 1.807) is 34.6 Å². The highest BCUT2D eigenvalue weighted by atomic mass is 16.6. The summed E-state index contributed by atoms with van der Waals surface area (Å²) in [6.07, 6.45) is -0.568. The first-order chi connectivity index (χ1) is 12.0. The standard InChI is InChI=1S/C20H29NO5/c1-13(2)17(21-19(25)26-20(3,4)5)16(22)12-15(18(23)24)11-14-9-7-6-8-10-14/h6-10,13,15,17H,11-12H2,1-5H3,(H,21,25)(H,23,24). The molecule has 0 saturated carbocycles. The molecule has 144 valence electrons. The number of carbonyl (C=O) groups is 3. The van der Waals surface area contributed by atoms with Gasteiger partial charge in [0.1, 0.15) is 5.60 Å². The monoisotopic (exact) mass is 363 g/mol. The lowest BCUT2D eigenvalue weighted by Crippen LogP contribution is -2.47. The first kappa shape index (κ1) is 21.7. The topological polar surface area (TPSA) is 92.7 Å². The van der Waals surface area contributed by atoms with E-state index in [0.29, 0.717) is 0 Å². The molecule has 0 spiro atoms. The van der Waals surface area contributed by atoms with E-state index in [4.69, 9.17) is 4.74 Å². The number of ketones is 1. The van der Waals surface area contributed by atoms with Crippen LogP contribution >= 0.6 is 0 Å². The van der Waals surface area contributed by atoms with E-state index in [1.165, 1.54) is 0 Å². The van der Waals surface area contributed by atoms with Crippen LogP contribution in [0.2, 0.25) is 0 Å². The second-order valence-electron chi connectivity index (χ2n) is 7.76. The molecular formula is C20H29NO5. The van der Waals surface area contributed by atoms with Gasteiger partial charge in [-0.05, 0) is 38.7 Å². The van der Waals surface area contributed by atoms with Crippen molar-refractivity contribution in [2.24, 2.45) is 11.8 Å². The predicted octanol–water partition coefficient (Wildman–Crippen LogP) is 3.44. The van der Waals surface area contributed by atoms with Gasteiger partial charge in [0.15, 0.2) is 5.78 Å². The Bertz CT molecular complexity index is 619. The molecule has 26 heavy (non-hydrogen) atoms. The molecule has 6 nitrogen and oxygen atoms in total. The number of amides is 1. The number of carboxylic acids is 1. The molecule has 1 aromatic carbocycles. The van der Waals surface area contributed by atoms with E-state index in [0.717, 1.165) is 5.56 Å². The van der Waals surface area contributed by atoms with Crippen molar-refractivity contribution in [3.8, 4) is 0 Å². The minimum atomic E-state index is -1.03. The van der Waals surface area contributed by atoms with Crippen LogP contribution < -0.4 is 5.32 Å². The molecular weight excluding hydrogens is 334 g/mol. The van der Waals surface area contributed by atoms with Crippen molar-refractivity contribution in [2.75, 3.05) is 0 Å². The third-order valence-electron chi connectivity index (χ3n) is 3.81. The van der Waals surface area contributed by atoms with Crippen molar-refractivity contribution >= 4 is 17.8 Å². The molecule has 1 rings (SSSR count). The minimum absolute atomic E-state index is 0.150. The van der Waals surface area contributed by atoms with E-state index in [2.05, 4.69) is 5.32 Å². The molecule has 0 saturated heterocycles. The van der Waals surface area contributed by atoms with E-state index in [1.807, 2.05) is 30.3 Å². The van der Waals surface area contributed by atoms with Gasteiger partial charge in [0.2, 0.25) is 0 Å². The molecule has 1 amide bonds. The normalized spacial score (nSPS) is 13.8. The summed E-state index contributed by atoms with van der Waals surface area (Å²) in [6.45, 7) is 8.80. The Morgan fingerprint density at radius 3 is 2.15 bits per heavy atom. The predicted molar refractivity (Wildman–Crippen MR) is 98.9 cm³/mol. The summed E-state index contributed by atoms with van der Waals surface area (Å²) in [4.78, 5) is 36.2. The lowest BCUT2D eigenvalue weighted by Gasteiger charge is -2.25. The molecule has 0 bridgehead atoms. The largest absolute Gasteiger partial charge is 0.481 e. The minimum Gasteiger partial charge on any atom is -0.481 e. The first-order valence-electron chi connectivity index (χ1n) is 8.78. The highest BCUT2D eigenvalue weighted by Crippen LogP contribution is 2.17. The summed E-state index contributed by atoms with van der Waals surface area (Å²) >= 11 is 0. The molecule has 0 radical (unpaired) electrons. The summed E-state index contributed by atoms with van der Waals surface area (Å²) in [7, 11) is 0. The fourth-order valence-corrected chi connectivity index (χ4v) is 2.57. The molecule has 0 aliphatic rings. The van der Waals surface area contributed by atoms with Crippen molar-refractivity contribution in [1.29, 1.82) is 0 Å². The summed E-state index contributed by atoms with van der Waals surface area (Å²) in [6, 6.07) is 8.39. The van der Waals surface area contributed by atoms with Gasteiger partial charge in [-0.25, -0.2) is 4.79 Å². The van der Waals surface area contributed by atoms with Crippen molar-refractivity contribution in [1.82, 2.24) is 5.32 Å². The maximum absolute atomic E-state index is 12.7. The van der Waals surface area contributed by atoms with Crippen LogP contribution in [0.15, 0.2) is 30.3 Å². The number of benzene rings is 1. The lowest BCUT2D eigenvalue weighted by atomic mass is 9.89. The number of hydrogen-bond acceptors (Lipinski definition) is 4. The summed E-state index contributed by atoms with van der Waals surface area (Å²) in [5.74, 6) is -2.36. The Balaban J connectivity index is 2.80. The second-order valence-corrected chi connectivity index (χ2v) is 7.76. The number of hydrogen-bond donors (Lipinski definition) is 2. The fourth-order valence-electron chi connectivity index (χ4n) is 2.57. The van der Waals surface area contributed by atoms with Crippen LogP contribution in [0.1, 0.15) is 46.6 Å². The Morgan fingerprint density at radius 2 is 1.69 bits per heavy atom. The van der Waals surface area contributed by atoms with E-state index < -0.39 is 29.6 Å². The molecule has 0 aliphatic heterocycles. The van der Waals surface area contributed by atoms with Gasteiger partial charge in [0, 0.05) is 6.42 Å². The number of carbonyl (C=O) groups excluding carboxylic acids is 2. The van der Waals surface area contributed by atoms with Crippen LogP contribution in [0.5, 0.6) is 0 Å². The Kier molecular flexibility index (Phi) is 7.80. The fraction of sp³-hybridized carbons (Fsp3) is 0.550. The van der Waals surface area contributed by atoms with E-state index >= 15 is 0 Å². The zero-order chi connectivity index (χ0) is 19.9. The number of Topliss-reactive ketones (excluding diaryl/α,β-unsaturated/α-hetero) is 1. The van der Waals surface area contributed by atoms with Crippen molar-refractivity contribution in [3.63, 3.8) is 0 Å². The van der Waals surface area contributed by atoms with Crippen molar-refractivity contribution < 1.29 is 24.2 Å². The molecule has 2 atom stereocenters. The van der Waals surface area contributed by atoms with Gasteiger partial charge in [0.05, 0.1) is 12.0 Å². The van der Waals surface area contributed by atoms with Crippen LogP contribution in [0.3, 0.4) is 0 Å². The Morgan fingerprint density at radius 1 is 1.12 bits per heavy atom. The Labute approximate surface area is 154 Å². The van der Waals surface area contributed by atoms with Gasteiger partial charge < -0.3 is 15.2 Å². The molecule has 1 aromatic rings. The molecule has 2 unspecified atom stereocenters. The zero-order valence-electron chi connectivity index (χ0n) is 16.1. The number of aliphatic carboxylic acids is 1. The average Bonchev–Trinajstić information content (AvgIpc) is 2.50. The molecule has 6 heteroatoms. The summed E-state index contributed by atoms with van der Waals surface area (Å²) < 4.78 is 5.20. The number of ether oxygens (including phenoxy) is 1. The van der Waals surface area contributed by atoms with Crippen molar-refractivity contribution in [2.45, 2.75) is 59.1 Å². The molecule has 0 fully saturated rings. The van der Waals surface area contributed by atoms with Crippen LogP contribution in [0, 0.1) is 11.8 Å². The summed E-state index contributed by atoms with van der Waals surface area (Å²) in [5, 5.41) is 12.1. The van der Waals surface area contributed by atoms with Gasteiger partial charge in [-0.3, -0.25) is 9.59 Å². The molecule has 2 N–H and O–H groups in total. The van der Waals surface area contributed by atoms with Crippen LogP contribution in [-0.4, -0.2) is 34.6 Å². The van der Waals surface area contributed by atoms with Gasteiger partial charge in [-0.2, -0.15) is 0 Å². The third kappa shape index (κ3) is 7.68. The van der Waals surface area contributed by atoms with Crippen molar-refractivity contribution in [3.05, 3.63) is 35.9 Å². The van der Waals surface area contributed by atoms with Crippen LogP contribution in [-0.2, 0) is 20.7 Å². The highest BCUT2D eigenvalue weighted by Gasteiger charge is 2.30. The van der Waals surface area contributed by atoms with E-state index in [9.17, 15) is 19.5 Å². The number of alkyl carbamates (subject to hydrolysis) is 1. The van der Waals surface area contributed by atoms with Crippen LogP contribution in [0.4, 0.5) is 4.79 Å². The smallest absolute Gasteiger partial charge is 0.408 e. The Hall–Kier alpha value is -2.37. The first-order valence-corrected chi connectivity index (χ1v) is 8.78. The maximum Gasteiger partial charge on any atom is 0.408 e. The molecule has 0 aromatic heterocycles. The molecule has 0 aliphatic carbocycles. The van der Waals surface area contributed by atoms with Gasteiger partial charge in [-0.15, -0.1) is 0 Å². The number of nitrogens with one attached hydrogen (secondary N) is 1. The van der Waals surface area contributed by atoms with E-state index in [-0.39, 0.29) is 24.5 Å². The van der Waals surface area contributed by atoms with Crippen LogP contribution in [0.25, 0.3) is 0 Å². The lowest BCUT2D eigenvalue weighted by molar-refractivity contribution is -0.144. The number of carboxylic acid groups (broad SMARTS) is 1. The molecule has 0 heterocycles. The van der Waals surface area contributed by atoms with Gasteiger partial charge in [-0.1, -0.05) is 44.2 Å². The average molecular weight is 363 g/mol. The second kappa shape index (κ2) is 9.36. The number of rotatable bonds is 8. The van der Waals surface area contributed by atoms with Gasteiger partial charge in [0.25, 0.3) is 0 Å². The summed E-state index contributed by atoms with van der Waals surface area (Å²) in [5.41, 5.74) is 0.180. The highest BCUT2D eigenvalue weighted by molar-refractivity contribution is 5.90. The third-order valence-corrected chi connectivity index (χ3v) is 3.81. The van der Waals surface area contributed by atoms with Gasteiger partial charge >= 0.3 is 12.1 Å². The SMILES string of the molecule is CC(C)C(NC(=O)OC(C)(C)C)C(=O)CC(Cc1ccccc1)C(=O)O.